The molecule has 18 heavy (non-hydrogen) atoms. The first-order valence-corrected chi connectivity index (χ1v) is 6.04. The molecule has 3 rings (SSSR count). The molecule has 0 spiro atoms. The Hall–Kier alpha value is -1.71. The van der Waals surface area contributed by atoms with Crippen molar-refractivity contribution in [3.63, 3.8) is 0 Å². The highest BCUT2D eigenvalue weighted by Crippen LogP contribution is 2.35. The van der Waals surface area contributed by atoms with Crippen LogP contribution in [-0.2, 0) is 0 Å². The molecule has 0 saturated heterocycles. The summed E-state index contributed by atoms with van der Waals surface area (Å²) < 4.78 is 1.60. The molecule has 0 radical (unpaired) electrons. The Morgan fingerprint density at radius 2 is 1.94 bits per heavy atom. The van der Waals surface area contributed by atoms with E-state index >= 15 is 0 Å². The van der Waals surface area contributed by atoms with Crippen LogP contribution in [0.25, 0.3) is 16.9 Å². The van der Waals surface area contributed by atoms with E-state index in [9.17, 15) is 5.11 Å². The number of rotatable bonds is 1. The minimum absolute atomic E-state index is 0.0647. The topological polar surface area (TPSA) is 37.5 Å². The number of fused-ring (bicyclic) bond motifs is 1. The summed E-state index contributed by atoms with van der Waals surface area (Å²) in [5.41, 5.74) is 1.76. The highest BCUT2D eigenvalue weighted by Gasteiger charge is 2.15. The maximum atomic E-state index is 10.1. The van der Waals surface area contributed by atoms with E-state index in [0.717, 1.165) is 0 Å². The van der Waals surface area contributed by atoms with Gasteiger partial charge < -0.3 is 5.11 Å². The summed E-state index contributed by atoms with van der Waals surface area (Å²) in [6.45, 7) is 0. The van der Waals surface area contributed by atoms with Gasteiger partial charge in [-0.25, -0.2) is 4.98 Å². The van der Waals surface area contributed by atoms with Gasteiger partial charge in [0.25, 0.3) is 0 Å². The van der Waals surface area contributed by atoms with Crippen LogP contribution in [-0.4, -0.2) is 14.5 Å². The van der Waals surface area contributed by atoms with E-state index < -0.39 is 0 Å². The minimum Gasteiger partial charge on any atom is -0.493 e. The average Bonchev–Trinajstić information content (AvgIpc) is 2.68. The van der Waals surface area contributed by atoms with E-state index in [1.807, 2.05) is 18.2 Å². The SMILES string of the molecule is Oc1c(-c2ccc(Cl)cc2Cl)nc2ccccn12. The minimum atomic E-state index is 0.0647. The molecule has 2 aromatic heterocycles. The van der Waals surface area contributed by atoms with Crippen LogP contribution in [0.2, 0.25) is 10.0 Å². The zero-order chi connectivity index (χ0) is 12.7. The highest BCUT2D eigenvalue weighted by atomic mass is 35.5. The van der Waals surface area contributed by atoms with Crippen molar-refractivity contribution in [3.05, 3.63) is 52.6 Å². The van der Waals surface area contributed by atoms with Gasteiger partial charge in [0.15, 0.2) is 0 Å². The standard InChI is InChI=1S/C13H8Cl2N2O/c14-8-4-5-9(10(15)7-8)12-13(18)17-6-2-1-3-11(17)16-12/h1-7,18H. The summed E-state index contributed by atoms with van der Waals surface area (Å²) >= 11 is 12.0. The molecule has 1 N–H and O–H groups in total. The molecule has 0 atom stereocenters. The van der Waals surface area contributed by atoms with E-state index in [0.29, 0.717) is 26.9 Å². The lowest BCUT2D eigenvalue weighted by atomic mass is 10.1. The second-order valence-electron chi connectivity index (χ2n) is 3.84. The third-order valence-electron chi connectivity index (χ3n) is 2.69. The third kappa shape index (κ3) is 1.72. The van der Waals surface area contributed by atoms with E-state index in [-0.39, 0.29) is 5.88 Å². The smallest absolute Gasteiger partial charge is 0.224 e. The molecule has 0 amide bonds. The largest absolute Gasteiger partial charge is 0.493 e. The summed E-state index contributed by atoms with van der Waals surface area (Å²) in [5, 5.41) is 11.2. The second-order valence-corrected chi connectivity index (χ2v) is 4.68. The van der Waals surface area contributed by atoms with Gasteiger partial charge in [-0.15, -0.1) is 0 Å². The predicted molar refractivity (Wildman–Crippen MR) is 72.3 cm³/mol. The lowest BCUT2D eigenvalue weighted by Gasteiger charge is -2.01. The number of hydrogen-bond acceptors (Lipinski definition) is 2. The Balaban J connectivity index is 2.28. The van der Waals surface area contributed by atoms with Crippen LogP contribution in [0.3, 0.4) is 0 Å². The molecule has 1 aromatic carbocycles. The molecule has 0 saturated carbocycles. The van der Waals surface area contributed by atoms with E-state index in [1.165, 1.54) is 0 Å². The van der Waals surface area contributed by atoms with Crippen molar-refractivity contribution in [2.45, 2.75) is 0 Å². The number of pyridine rings is 1. The first kappa shape index (κ1) is 11.4. The van der Waals surface area contributed by atoms with Crippen LogP contribution in [0.15, 0.2) is 42.6 Å². The van der Waals surface area contributed by atoms with Crippen molar-refractivity contribution in [1.82, 2.24) is 9.38 Å². The number of nitrogens with zero attached hydrogens (tertiary/aromatic N) is 2. The van der Waals surface area contributed by atoms with Crippen molar-refractivity contribution in [3.8, 4) is 17.1 Å². The molecule has 0 bridgehead atoms. The normalized spacial score (nSPS) is 11.0. The molecule has 0 aliphatic rings. The van der Waals surface area contributed by atoms with Gasteiger partial charge in [0.2, 0.25) is 5.88 Å². The van der Waals surface area contributed by atoms with Gasteiger partial charge in [0, 0.05) is 16.8 Å². The molecule has 3 aromatic rings. The maximum absolute atomic E-state index is 10.1. The molecule has 0 fully saturated rings. The van der Waals surface area contributed by atoms with Crippen LogP contribution in [0.5, 0.6) is 5.88 Å². The lowest BCUT2D eigenvalue weighted by molar-refractivity contribution is 0.450. The fourth-order valence-corrected chi connectivity index (χ4v) is 2.34. The maximum Gasteiger partial charge on any atom is 0.224 e. The number of aromatic hydroxyl groups is 1. The lowest BCUT2D eigenvalue weighted by Crippen LogP contribution is -1.81. The number of benzene rings is 1. The summed E-state index contributed by atoms with van der Waals surface area (Å²) in [6.07, 6.45) is 1.74. The fraction of sp³-hybridized carbons (Fsp3) is 0. The first-order chi connectivity index (χ1) is 8.66. The van der Waals surface area contributed by atoms with Crippen LogP contribution in [0, 0.1) is 0 Å². The second kappa shape index (κ2) is 4.19. The van der Waals surface area contributed by atoms with E-state index in [1.54, 1.807) is 28.8 Å². The van der Waals surface area contributed by atoms with Crippen molar-refractivity contribution in [2.75, 3.05) is 0 Å². The van der Waals surface area contributed by atoms with Crippen LogP contribution >= 0.6 is 23.2 Å². The zero-order valence-corrected chi connectivity index (χ0v) is 10.7. The Morgan fingerprint density at radius 3 is 2.67 bits per heavy atom. The Morgan fingerprint density at radius 1 is 1.11 bits per heavy atom. The predicted octanol–water partition coefficient (Wildman–Crippen LogP) is 4.01. The van der Waals surface area contributed by atoms with Gasteiger partial charge in [0.05, 0.1) is 5.02 Å². The van der Waals surface area contributed by atoms with Crippen molar-refractivity contribution in [2.24, 2.45) is 0 Å². The average molecular weight is 279 g/mol. The zero-order valence-electron chi connectivity index (χ0n) is 9.14. The molecule has 3 nitrogen and oxygen atoms in total. The van der Waals surface area contributed by atoms with Gasteiger partial charge in [-0.05, 0) is 30.3 Å². The van der Waals surface area contributed by atoms with E-state index in [2.05, 4.69) is 4.98 Å². The number of hydrogen-bond donors (Lipinski definition) is 1. The van der Waals surface area contributed by atoms with Crippen LogP contribution < -0.4 is 0 Å². The molecule has 0 aliphatic carbocycles. The van der Waals surface area contributed by atoms with E-state index in [4.69, 9.17) is 23.2 Å². The first-order valence-electron chi connectivity index (χ1n) is 5.28. The van der Waals surface area contributed by atoms with Gasteiger partial charge in [-0.2, -0.15) is 0 Å². The van der Waals surface area contributed by atoms with Crippen molar-refractivity contribution >= 4 is 28.8 Å². The third-order valence-corrected chi connectivity index (χ3v) is 3.24. The highest BCUT2D eigenvalue weighted by molar-refractivity contribution is 6.36. The van der Waals surface area contributed by atoms with Gasteiger partial charge in [-0.3, -0.25) is 4.40 Å². The number of imidazole rings is 1. The number of halogens is 2. The molecule has 5 heteroatoms. The summed E-state index contributed by atoms with van der Waals surface area (Å²) in [7, 11) is 0. The van der Waals surface area contributed by atoms with Gasteiger partial charge in [-0.1, -0.05) is 29.3 Å². The Labute approximate surface area is 113 Å². The Kier molecular flexibility index (Phi) is 2.65. The Bertz CT molecular complexity index is 737. The molecule has 90 valence electrons. The van der Waals surface area contributed by atoms with Crippen LogP contribution in [0.4, 0.5) is 0 Å². The quantitative estimate of drug-likeness (QED) is 0.730. The molecule has 0 aliphatic heterocycles. The van der Waals surface area contributed by atoms with Gasteiger partial charge >= 0.3 is 0 Å². The fourth-order valence-electron chi connectivity index (χ4n) is 1.85. The molecule has 0 unspecified atom stereocenters. The molecule has 2 heterocycles. The molecular weight excluding hydrogens is 271 g/mol. The van der Waals surface area contributed by atoms with Crippen molar-refractivity contribution < 1.29 is 5.11 Å². The molecular formula is C13H8Cl2N2O. The number of aromatic nitrogens is 2. The van der Waals surface area contributed by atoms with Crippen LogP contribution in [0.1, 0.15) is 0 Å². The van der Waals surface area contributed by atoms with Gasteiger partial charge in [0.1, 0.15) is 11.3 Å². The summed E-state index contributed by atoms with van der Waals surface area (Å²) in [5.74, 6) is 0.0647. The summed E-state index contributed by atoms with van der Waals surface area (Å²) in [6, 6.07) is 10.6. The van der Waals surface area contributed by atoms with Crippen molar-refractivity contribution in [1.29, 1.82) is 0 Å². The monoisotopic (exact) mass is 278 g/mol. The summed E-state index contributed by atoms with van der Waals surface area (Å²) in [4.78, 5) is 4.36.